The number of fused-ring (bicyclic) bond motifs is 1. The van der Waals surface area contributed by atoms with E-state index in [4.69, 9.17) is 0 Å². The molecule has 0 saturated heterocycles. The summed E-state index contributed by atoms with van der Waals surface area (Å²) in [5, 5.41) is 3.69. The summed E-state index contributed by atoms with van der Waals surface area (Å²) in [4.78, 5) is 20.2. The first-order valence-corrected chi connectivity index (χ1v) is 11.5. The van der Waals surface area contributed by atoms with Crippen LogP contribution in [0.2, 0.25) is 0 Å². The van der Waals surface area contributed by atoms with Gasteiger partial charge in [0.2, 0.25) is 0 Å². The number of aryl methyl sites for hydroxylation is 1. The SMILES string of the molecule is Cc1cc(C(F)(F)F)nn1-c1ccc(Cn2c(=O)[nH]c3cnc(-c4ccccc4C(C)C)cc32)cc1. The summed E-state index contributed by atoms with van der Waals surface area (Å²) in [6.07, 6.45) is -2.84. The van der Waals surface area contributed by atoms with Gasteiger partial charge in [-0.2, -0.15) is 18.3 Å². The van der Waals surface area contributed by atoms with Crippen molar-refractivity contribution in [3.8, 4) is 16.9 Å². The van der Waals surface area contributed by atoms with Crippen molar-refractivity contribution in [3.63, 3.8) is 0 Å². The Bertz CT molecular complexity index is 1610. The number of hydrogen-bond acceptors (Lipinski definition) is 3. The second-order valence-electron chi connectivity index (χ2n) is 9.09. The molecule has 0 radical (unpaired) electrons. The van der Waals surface area contributed by atoms with Crippen LogP contribution in [0.3, 0.4) is 0 Å². The van der Waals surface area contributed by atoms with Gasteiger partial charge in [0.05, 0.1) is 35.2 Å². The molecule has 36 heavy (non-hydrogen) atoms. The topological polar surface area (TPSA) is 68.5 Å². The maximum absolute atomic E-state index is 13.0. The summed E-state index contributed by atoms with van der Waals surface area (Å²) in [7, 11) is 0. The van der Waals surface area contributed by atoms with Crippen molar-refractivity contribution in [2.45, 2.75) is 39.4 Å². The zero-order valence-corrected chi connectivity index (χ0v) is 20.0. The number of halogens is 3. The third kappa shape index (κ3) is 4.32. The van der Waals surface area contributed by atoms with Gasteiger partial charge < -0.3 is 4.98 Å². The molecule has 5 aromatic rings. The smallest absolute Gasteiger partial charge is 0.304 e. The quantitative estimate of drug-likeness (QED) is 0.324. The molecular formula is C27H24F3N5O. The molecule has 0 atom stereocenters. The van der Waals surface area contributed by atoms with E-state index in [9.17, 15) is 18.0 Å². The lowest BCUT2D eigenvalue weighted by atomic mass is 9.95. The lowest BCUT2D eigenvalue weighted by Gasteiger charge is -2.12. The van der Waals surface area contributed by atoms with E-state index in [0.29, 0.717) is 29.4 Å². The molecule has 2 aromatic carbocycles. The van der Waals surface area contributed by atoms with E-state index in [-0.39, 0.29) is 5.69 Å². The van der Waals surface area contributed by atoms with Crippen LogP contribution in [0.4, 0.5) is 13.2 Å². The van der Waals surface area contributed by atoms with Crippen LogP contribution in [-0.2, 0) is 12.7 Å². The van der Waals surface area contributed by atoms with Crippen LogP contribution in [0, 0.1) is 6.92 Å². The van der Waals surface area contributed by atoms with Gasteiger partial charge in [-0.15, -0.1) is 0 Å². The third-order valence-corrected chi connectivity index (χ3v) is 6.22. The molecular weight excluding hydrogens is 467 g/mol. The zero-order valence-electron chi connectivity index (χ0n) is 20.0. The molecule has 0 amide bonds. The molecule has 0 saturated carbocycles. The van der Waals surface area contributed by atoms with Crippen molar-refractivity contribution >= 4 is 11.0 Å². The van der Waals surface area contributed by atoms with Gasteiger partial charge in [0.1, 0.15) is 0 Å². The lowest BCUT2D eigenvalue weighted by molar-refractivity contribution is -0.141. The first kappa shape index (κ1) is 23.6. The Morgan fingerprint density at radius 2 is 1.75 bits per heavy atom. The fourth-order valence-electron chi connectivity index (χ4n) is 4.39. The summed E-state index contributed by atoms with van der Waals surface area (Å²) < 4.78 is 42.0. The number of rotatable bonds is 5. The maximum Gasteiger partial charge on any atom is 0.435 e. The number of nitrogens with zero attached hydrogens (tertiary/aromatic N) is 4. The number of pyridine rings is 1. The lowest BCUT2D eigenvalue weighted by Crippen LogP contribution is -2.17. The van der Waals surface area contributed by atoms with E-state index in [0.717, 1.165) is 28.4 Å². The molecule has 5 rings (SSSR count). The fraction of sp³-hybridized carbons (Fsp3) is 0.222. The van der Waals surface area contributed by atoms with E-state index in [2.05, 4.69) is 35.0 Å². The standard InChI is InChI=1S/C27H24F3N5O/c1-16(2)20-6-4-5-7-21(20)22-13-24-23(14-31-22)32-26(36)34(24)15-18-8-10-19(11-9-18)35-17(3)12-25(33-35)27(28,29)30/h4-14,16H,15H2,1-3H3,(H,32,36). The van der Waals surface area contributed by atoms with Crippen LogP contribution in [0.25, 0.3) is 28.0 Å². The number of hydrogen-bond donors (Lipinski definition) is 1. The first-order chi connectivity index (χ1) is 17.1. The van der Waals surface area contributed by atoms with Crippen molar-refractivity contribution in [2.24, 2.45) is 0 Å². The molecule has 9 heteroatoms. The predicted molar refractivity (Wildman–Crippen MR) is 132 cm³/mol. The van der Waals surface area contributed by atoms with E-state index < -0.39 is 11.9 Å². The number of nitrogens with one attached hydrogen (secondary N) is 1. The van der Waals surface area contributed by atoms with E-state index in [1.54, 1.807) is 42.0 Å². The summed E-state index contributed by atoms with van der Waals surface area (Å²) in [5.74, 6) is 0.316. The van der Waals surface area contributed by atoms with E-state index in [1.807, 2.05) is 24.3 Å². The Morgan fingerprint density at radius 1 is 1.03 bits per heavy atom. The number of aromatic amines is 1. The zero-order chi connectivity index (χ0) is 25.6. The highest BCUT2D eigenvalue weighted by atomic mass is 19.4. The molecule has 0 bridgehead atoms. The highest BCUT2D eigenvalue weighted by Crippen LogP contribution is 2.30. The van der Waals surface area contributed by atoms with Gasteiger partial charge >= 0.3 is 11.9 Å². The Labute approximate surface area is 205 Å². The van der Waals surface area contributed by atoms with E-state index in [1.165, 1.54) is 10.2 Å². The molecule has 0 fully saturated rings. The third-order valence-electron chi connectivity index (χ3n) is 6.22. The normalized spacial score (nSPS) is 12.1. The highest BCUT2D eigenvalue weighted by molar-refractivity contribution is 5.80. The van der Waals surface area contributed by atoms with Crippen molar-refractivity contribution < 1.29 is 13.2 Å². The molecule has 0 aliphatic rings. The minimum atomic E-state index is -4.50. The van der Waals surface area contributed by atoms with Crippen LogP contribution in [0.15, 0.2) is 71.7 Å². The predicted octanol–water partition coefficient (Wildman–Crippen LogP) is 6.08. The Balaban J connectivity index is 1.48. The Kier molecular flexibility index (Phi) is 5.78. The van der Waals surface area contributed by atoms with Gasteiger partial charge in [-0.1, -0.05) is 50.2 Å². The van der Waals surface area contributed by atoms with Crippen LogP contribution in [0.5, 0.6) is 0 Å². The largest absolute Gasteiger partial charge is 0.435 e. The molecule has 0 unspecified atom stereocenters. The summed E-state index contributed by atoms with van der Waals surface area (Å²) in [5.41, 5.74) is 4.85. The number of H-pyrrole nitrogens is 1. The fourth-order valence-corrected chi connectivity index (χ4v) is 4.39. The maximum atomic E-state index is 13.0. The number of imidazole rings is 1. The van der Waals surface area contributed by atoms with Gasteiger partial charge in [0.15, 0.2) is 5.69 Å². The van der Waals surface area contributed by atoms with Crippen molar-refractivity contribution in [3.05, 3.63) is 99.9 Å². The van der Waals surface area contributed by atoms with Crippen LogP contribution >= 0.6 is 0 Å². The minimum absolute atomic E-state index is 0.261. The number of benzene rings is 2. The van der Waals surface area contributed by atoms with Crippen molar-refractivity contribution in [1.82, 2.24) is 24.3 Å². The molecule has 184 valence electrons. The number of alkyl halides is 3. The van der Waals surface area contributed by atoms with Gasteiger partial charge in [0, 0.05) is 11.3 Å². The van der Waals surface area contributed by atoms with Gasteiger partial charge in [-0.25, -0.2) is 9.48 Å². The minimum Gasteiger partial charge on any atom is -0.304 e. The molecule has 0 spiro atoms. The van der Waals surface area contributed by atoms with E-state index >= 15 is 0 Å². The summed E-state index contributed by atoms with van der Waals surface area (Å²) in [6.45, 7) is 6.12. The van der Waals surface area contributed by atoms with Gasteiger partial charge in [-0.05, 0) is 48.2 Å². The second kappa shape index (κ2) is 8.82. The average molecular weight is 492 g/mol. The molecule has 0 aliphatic heterocycles. The molecule has 0 aliphatic carbocycles. The van der Waals surface area contributed by atoms with Crippen LogP contribution in [0.1, 0.15) is 42.3 Å². The average Bonchev–Trinajstić information content (AvgIpc) is 3.39. The molecule has 3 aromatic heterocycles. The molecule has 1 N–H and O–H groups in total. The van der Waals surface area contributed by atoms with Crippen LogP contribution in [-0.4, -0.2) is 24.3 Å². The van der Waals surface area contributed by atoms with Crippen molar-refractivity contribution in [2.75, 3.05) is 0 Å². The van der Waals surface area contributed by atoms with Gasteiger partial charge in [-0.3, -0.25) is 9.55 Å². The van der Waals surface area contributed by atoms with Crippen molar-refractivity contribution in [1.29, 1.82) is 0 Å². The molecule has 3 heterocycles. The molecule has 6 nitrogen and oxygen atoms in total. The number of aromatic nitrogens is 5. The summed E-state index contributed by atoms with van der Waals surface area (Å²) >= 11 is 0. The monoisotopic (exact) mass is 491 g/mol. The van der Waals surface area contributed by atoms with Gasteiger partial charge in [0.25, 0.3) is 0 Å². The Morgan fingerprint density at radius 3 is 2.42 bits per heavy atom. The first-order valence-electron chi connectivity index (χ1n) is 11.5. The summed E-state index contributed by atoms with van der Waals surface area (Å²) in [6, 6.07) is 18.0. The second-order valence-corrected chi connectivity index (χ2v) is 9.09. The van der Waals surface area contributed by atoms with Crippen LogP contribution < -0.4 is 5.69 Å². The highest BCUT2D eigenvalue weighted by Gasteiger charge is 2.34. The Hall–Kier alpha value is -4.14.